The topological polar surface area (TPSA) is 114 Å². The molecule has 1 fully saturated rings. The lowest BCUT2D eigenvalue weighted by Crippen LogP contribution is -2.61. The van der Waals surface area contributed by atoms with Gasteiger partial charge in [0.2, 0.25) is 11.8 Å². The lowest BCUT2D eigenvalue weighted by atomic mass is 9.95. The van der Waals surface area contributed by atoms with Gasteiger partial charge in [0.15, 0.2) is 6.04 Å². The predicted molar refractivity (Wildman–Crippen MR) is 161 cm³/mol. The van der Waals surface area contributed by atoms with Crippen molar-refractivity contribution in [2.24, 2.45) is 5.92 Å². The van der Waals surface area contributed by atoms with Crippen molar-refractivity contribution in [3.05, 3.63) is 71.8 Å². The fourth-order valence-electron chi connectivity index (χ4n) is 4.82. The van der Waals surface area contributed by atoms with Gasteiger partial charge in [0.05, 0.1) is 6.61 Å². The van der Waals surface area contributed by atoms with Gasteiger partial charge in [-0.2, -0.15) is 0 Å². The summed E-state index contributed by atoms with van der Waals surface area (Å²) in [5, 5.41) is 2.33. The van der Waals surface area contributed by atoms with Crippen LogP contribution in [0.25, 0.3) is 0 Å². The maximum Gasteiger partial charge on any atom is 0.429 e. The first kappa shape index (κ1) is 33.6. The van der Waals surface area contributed by atoms with Gasteiger partial charge in [-0.1, -0.05) is 86.8 Å². The SMILES string of the molecule is CCCCC[C@@H](CC(=O)N1[C@H](C(=O)OC(C)(C)C)CCCN1C(=O)OCc1ccccc1)C(=O)NOCc1ccccc1. The normalized spacial score (nSPS) is 15.9. The summed E-state index contributed by atoms with van der Waals surface area (Å²) >= 11 is 0. The van der Waals surface area contributed by atoms with Crippen LogP contribution in [0, 0.1) is 5.92 Å². The van der Waals surface area contributed by atoms with E-state index in [1.54, 1.807) is 20.8 Å². The Balaban J connectivity index is 1.78. The number of carbonyl (C=O) groups excluding carboxylic acids is 4. The highest BCUT2D eigenvalue weighted by Gasteiger charge is 2.43. The first-order chi connectivity index (χ1) is 20.6. The number of esters is 1. The monoisotopic (exact) mass is 595 g/mol. The minimum Gasteiger partial charge on any atom is -0.458 e. The molecule has 43 heavy (non-hydrogen) atoms. The highest BCUT2D eigenvalue weighted by Crippen LogP contribution is 2.26. The van der Waals surface area contributed by atoms with Crippen LogP contribution >= 0.6 is 0 Å². The highest BCUT2D eigenvalue weighted by atomic mass is 16.7. The van der Waals surface area contributed by atoms with Crippen LogP contribution in [0.1, 0.15) is 83.8 Å². The van der Waals surface area contributed by atoms with Crippen LogP contribution in [0.5, 0.6) is 0 Å². The smallest absolute Gasteiger partial charge is 0.429 e. The molecule has 2 atom stereocenters. The van der Waals surface area contributed by atoms with E-state index in [2.05, 4.69) is 12.4 Å². The summed E-state index contributed by atoms with van der Waals surface area (Å²) in [6, 6.07) is 17.6. The molecular weight excluding hydrogens is 550 g/mol. The molecule has 234 valence electrons. The summed E-state index contributed by atoms with van der Waals surface area (Å²) in [6.07, 6.45) is 2.85. The number of hydroxylamine groups is 1. The Labute approximate surface area is 254 Å². The van der Waals surface area contributed by atoms with Gasteiger partial charge in [-0.25, -0.2) is 25.1 Å². The molecule has 1 saturated heterocycles. The molecule has 10 nitrogen and oxygen atoms in total. The third-order valence-electron chi connectivity index (χ3n) is 6.96. The van der Waals surface area contributed by atoms with Crippen molar-refractivity contribution in [3.8, 4) is 0 Å². The lowest BCUT2D eigenvalue weighted by Gasteiger charge is -2.43. The molecule has 1 aliphatic heterocycles. The van der Waals surface area contributed by atoms with Crippen molar-refractivity contribution in [1.29, 1.82) is 0 Å². The Morgan fingerprint density at radius 3 is 2.16 bits per heavy atom. The molecule has 3 amide bonds. The highest BCUT2D eigenvalue weighted by molar-refractivity contribution is 5.89. The summed E-state index contributed by atoms with van der Waals surface area (Å²) in [5.74, 6) is -2.30. The minimum atomic E-state index is -1.03. The third-order valence-corrected chi connectivity index (χ3v) is 6.96. The number of ether oxygens (including phenoxy) is 2. The number of carbonyl (C=O) groups is 4. The molecule has 1 heterocycles. The Bertz CT molecular complexity index is 1180. The fraction of sp³-hybridized carbons (Fsp3) is 0.515. The van der Waals surface area contributed by atoms with E-state index in [-0.39, 0.29) is 26.2 Å². The molecule has 2 aromatic carbocycles. The average molecular weight is 596 g/mol. The van der Waals surface area contributed by atoms with Crippen molar-refractivity contribution in [2.75, 3.05) is 6.54 Å². The van der Waals surface area contributed by atoms with E-state index in [1.165, 1.54) is 5.01 Å². The van der Waals surface area contributed by atoms with Crippen molar-refractivity contribution in [1.82, 2.24) is 15.5 Å². The van der Waals surface area contributed by atoms with Gasteiger partial charge < -0.3 is 9.47 Å². The number of rotatable bonds is 13. The van der Waals surface area contributed by atoms with Crippen LogP contribution in [0.4, 0.5) is 4.79 Å². The molecule has 0 unspecified atom stereocenters. The molecule has 2 aromatic rings. The number of nitrogens with zero attached hydrogens (tertiary/aromatic N) is 2. The molecule has 1 aliphatic rings. The van der Waals surface area contributed by atoms with Gasteiger partial charge in [0.25, 0.3) is 0 Å². The molecule has 0 aliphatic carbocycles. The van der Waals surface area contributed by atoms with Gasteiger partial charge in [-0.3, -0.25) is 14.4 Å². The molecule has 3 rings (SSSR count). The van der Waals surface area contributed by atoms with Crippen molar-refractivity contribution in [2.45, 2.75) is 97.5 Å². The van der Waals surface area contributed by atoms with Crippen LogP contribution < -0.4 is 5.48 Å². The minimum absolute atomic E-state index is 0.0100. The van der Waals surface area contributed by atoms with E-state index in [0.717, 1.165) is 35.4 Å². The first-order valence-corrected chi connectivity index (χ1v) is 15.1. The molecule has 0 aromatic heterocycles. The quantitative estimate of drug-likeness (QED) is 0.179. The Kier molecular flexibility index (Phi) is 13.0. The number of hydrogen-bond donors (Lipinski definition) is 1. The number of amides is 3. The Hall–Kier alpha value is -3.92. The standard InChI is InChI=1S/C33H45N3O7/c1-5-6-9-19-27(30(38)34-42-24-26-17-12-8-13-18-26)22-29(37)36-28(31(39)43-33(2,3)4)20-14-21-35(36)32(40)41-23-25-15-10-7-11-16-25/h7-8,10-13,15-18,27-28H,5-6,9,14,19-24H2,1-4H3,(H,34,38)/t27-,28-/m0/s1. The molecule has 0 spiro atoms. The summed E-state index contributed by atoms with van der Waals surface area (Å²) in [6.45, 7) is 7.67. The van der Waals surface area contributed by atoms with Gasteiger partial charge in [-0.15, -0.1) is 0 Å². The van der Waals surface area contributed by atoms with E-state index < -0.39 is 41.4 Å². The third kappa shape index (κ3) is 11.0. The molecule has 10 heteroatoms. The summed E-state index contributed by atoms with van der Waals surface area (Å²) in [5.41, 5.74) is 3.38. The number of unbranched alkanes of at least 4 members (excludes halogenated alkanes) is 2. The molecular formula is C33H45N3O7. The molecule has 0 bridgehead atoms. The van der Waals surface area contributed by atoms with Crippen molar-refractivity contribution >= 4 is 23.9 Å². The van der Waals surface area contributed by atoms with Gasteiger partial charge >= 0.3 is 12.1 Å². The molecule has 1 N–H and O–H groups in total. The summed E-state index contributed by atoms with van der Waals surface area (Å²) < 4.78 is 11.2. The first-order valence-electron chi connectivity index (χ1n) is 15.1. The van der Waals surface area contributed by atoms with Gasteiger partial charge in [-0.05, 0) is 51.2 Å². The van der Waals surface area contributed by atoms with Crippen LogP contribution in [0.15, 0.2) is 60.7 Å². The second-order valence-corrected chi connectivity index (χ2v) is 11.7. The van der Waals surface area contributed by atoms with E-state index >= 15 is 0 Å². The van der Waals surface area contributed by atoms with Crippen LogP contribution in [0.2, 0.25) is 0 Å². The van der Waals surface area contributed by atoms with Gasteiger partial charge in [0, 0.05) is 18.9 Å². The Morgan fingerprint density at radius 2 is 1.56 bits per heavy atom. The average Bonchev–Trinajstić information content (AvgIpc) is 2.99. The largest absolute Gasteiger partial charge is 0.458 e. The zero-order valence-electron chi connectivity index (χ0n) is 25.8. The van der Waals surface area contributed by atoms with E-state index in [9.17, 15) is 19.2 Å². The molecule has 0 radical (unpaired) electrons. The predicted octanol–water partition coefficient (Wildman–Crippen LogP) is 5.71. The second-order valence-electron chi connectivity index (χ2n) is 11.7. The van der Waals surface area contributed by atoms with Crippen LogP contribution in [-0.2, 0) is 41.9 Å². The fourth-order valence-corrected chi connectivity index (χ4v) is 4.82. The van der Waals surface area contributed by atoms with Gasteiger partial charge in [0.1, 0.15) is 12.2 Å². The van der Waals surface area contributed by atoms with Crippen LogP contribution in [0.3, 0.4) is 0 Å². The number of benzene rings is 2. The second kappa shape index (κ2) is 16.6. The number of nitrogens with one attached hydrogen (secondary N) is 1. The van der Waals surface area contributed by atoms with E-state index in [4.69, 9.17) is 14.3 Å². The van der Waals surface area contributed by atoms with Crippen LogP contribution in [-0.4, -0.2) is 52.1 Å². The van der Waals surface area contributed by atoms with Crippen molar-refractivity contribution < 1.29 is 33.5 Å². The number of hydrogen-bond acceptors (Lipinski definition) is 7. The lowest BCUT2D eigenvalue weighted by molar-refractivity contribution is -0.181. The Morgan fingerprint density at radius 1 is 0.930 bits per heavy atom. The van der Waals surface area contributed by atoms with E-state index in [1.807, 2.05) is 60.7 Å². The molecule has 0 saturated carbocycles. The summed E-state index contributed by atoms with van der Waals surface area (Å²) in [7, 11) is 0. The maximum atomic E-state index is 14.0. The maximum absolute atomic E-state index is 14.0. The zero-order chi connectivity index (χ0) is 31.2. The number of hydrazine groups is 1. The summed E-state index contributed by atoms with van der Waals surface area (Å²) in [4.78, 5) is 59.2. The van der Waals surface area contributed by atoms with Crippen molar-refractivity contribution in [3.63, 3.8) is 0 Å². The zero-order valence-corrected chi connectivity index (χ0v) is 25.8. The van der Waals surface area contributed by atoms with E-state index in [0.29, 0.717) is 19.3 Å².